The second-order valence-corrected chi connectivity index (χ2v) is 9.39. The van der Waals surface area contributed by atoms with Gasteiger partial charge in [-0.3, -0.25) is 0 Å². The topological polar surface area (TPSA) is 61.2 Å². The fourth-order valence-electron chi connectivity index (χ4n) is 4.31. The average Bonchev–Trinajstić information content (AvgIpc) is 3.06. The summed E-state index contributed by atoms with van der Waals surface area (Å²) < 4.78 is 28.4. The molecule has 2 aromatic rings. The molecule has 1 aliphatic carbocycles. The molecule has 1 heterocycles. The Morgan fingerprint density at radius 3 is 2.48 bits per heavy atom. The molecule has 0 bridgehead atoms. The van der Waals surface area contributed by atoms with Crippen LogP contribution in [-0.2, 0) is 10.0 Å². The van der Waals surface area contributed by atoms with Crippen molar-refractivity contribution in [3.05, 3.63) is 77.3 Å². The number of hydrogen-bond donors (Lipinski definition) is 0. The van der Waals surface area contributed by atoms with Gasteiger partial charge in [-0.1, -0.05) is 54.1 Å². The second kappa shape index (κ2) is 6.79. The Morgan fingerprint density at radius 2 is 1.81 bits per heavy atom. The van der Waals surface area contributed by atoms with Crippen LogP contribution in [0.2, 0.25) is 5.02 Å². The van der Waals surface area contributed by atoms with Crippen LogP contribution in [0.1, 0.15) is 24.4 Å². The van der Waals surface area contributed by atoms with E-state index in [0.717, 1.165) is 18.4 Å². The Morgan fingerprint density at radius 1 is 1.11 bits per heavy atom. The van der Waals surface area contributed by atoms with Gasteiger partial charge in [0.25, 0.3) is 0 Å². The molecule has 0 saturated carbocycles. The molecule has 4 nitrogen and oxygen atoms in total. The van der Waals surface area contributed by atoms with Crippen molar-refractivity contribution < 1.29 is 8.42 Å². The van der Waals surface area contributed by atoms with Crippen LogP contribution >= 0.6 is 11.6 Å². The molecular formula is C21H19ClN2O2S. The van der Waals surface area contributed by atoms with Gasteiger partial charge in [-0.15, -0.1) is 0 Å². The van der Waals surface area contributed by atoms with E-state index in [-0.39, 0.29) is 10.8 Å². The lowest BCUT2D eigenvalue weighted by molar-refractivity contribution is 0.288. The van der Waals surface area contributed by atoms with Crippen molar-refractivity contribution in [3.63, 3.8) is 0 Å². The lowest BCUT2D eigenvalue weighted by Gasteiger charge is -2.34. The van der Waals surface area contributed by atoms with Crippen LogP contribution in [0.3, 0.4) is 0 Å². The third-order valence-electron chi connectivity index (χ3n) is 5.62. The Labute approximate surface area is 164 Å². The monoisotopic (exact) mass is 398 g/mol. The minimum absolute atomic E-state index is 0.0355. The van der Waals surface area contributed by atoms with Gasteiger partial charge in [-0.2, -0.15) is 9.57 Å². The van der Waals surface area contributed by atoms with Crippen molar-refractivity contribution in [1.29, 1.82) is 5.26 Å². The highest BCUT2D eigenvalue weighted by Crippen LogP contribution is 2.56. The van der Waals surface area contributed by atoms with E-state index in [1.54, 1.807) is 42.5 Å². The first-order valence-electron chi connectivity index (χ1n) is 8.90. The molecule has 1 saturated heterocycles. The van der Waals surface area contributed by atoms with Crippen LogP contribution in [0.25, 0.3) is 0 Å². The first-order chi connectivity index (χ1) is 13.0. The standard InChI is InChI=1S/C21H19ClN2O2S/c22-18-11-9-16(10-12-18)20-21(15-23)13-5-4-6-17(21)14-24(20)27(25,26)19-7-2-1-3-8-19/h1-3,5,7-13,17,20H,4,6,14H2/t17-,20+,21+/m1/s1. The maximum atomic E-state index is 13.5. The highest BCUT2D eigenvalue weighted by atomic mass is 35.5. The van der Waals surface area contributed by atoms with Gasteiger partial charge >= 0.3 is 0 Å². The van der Waals surface area contributed by atoms with Crippen LogP contribution < -0.4 is 0 Å². The summed E-state index contributed by atoms with van der Waals surface area (Å²) in [5.41, 5.74) is -0.0806. The Kier molecular flexibility index (Phi) is 4.59. The van der Waals surface area contributed by atoms with E-state index in [0.29, 0.717) is 11.6 Å². The van der Waals surface area contributed by atoms with E-state index < -0.39 is 21.5 Å². The number of nitriles is 1. The third kappa shape index (κ3) is 2.89. The van der Waals surface area contributed by atoms with Gasteiger partial charge in [0.15, 0.2) is 0 Å². The lowest BCUT2D eigenvalue weighted by atomic mass is 9.68. The molecule has 138 valence electrons. The SMILES string of the molecule is N#C[C@@]12C=CCC[C@@H]1CN(S(=O)(=O)c1ccccc1)[C@H]2c1ccc(Cl)cc1. The highest BCUT2D eigenvalue weighted by molar-refractivity contribution is 7.89. The molecule has 27 heavy (non-hydrogen) atoms. The van der Waals surface area contributed by atoms with Gasteiger partial charge in [0, 0.05) is 11.6 Å². The van der Waals surface area contributed by atoms with E-state index in [1.807, 2.05) is 24.3 Å². The molecule has 0 spiro atoms. The summed E-state index contributed by atoms with van der Waals surface area (Å²) in [7, 11) is -3.74. The maximum Gasteiger partial charge on any atom is 0.243 e. The fourth-order valence-corrected chi connectivity index (χ4v) is 6.16. The third-order valence-corrected chi connectivity index (χ3v) is 7.72. The van der Waals surface area contributed by atoms with Crippen molar-refractivity contribution in [1.82, 2.24) is 4.31 Å². The van der Waals surface area contributed by atoms with E-state index >= 15 is 0 Å². The number of rotatable bonds is 3. The van der Waals surface area contributed by atoms with Gasteiger partial charge in [-0.25, -0.2) is 8.42 Å². The molecular weight excluding hydrogens is 380 g/mol. The number of fused-ring (bicyclic) bond motifs is 1. The molecule has 0 amide bonds. The van der Waals surface area contributed by atoms with Crippen LogP contribution in [0.5, 0.6) is 0 Å². The summed E-state index contributed by atoms with van der Waals surface area (Å²) in [6.07, 6.45) is 5.58. The first kappa shape index (κ1) is 18.2. The molecule has 4 rings (SSSR count). The summed E-state index contributed by atoms with van der Waals surface area (Å²) in [4.78, 5) is 0.250. The van der Waals surface area contributed by atoms with E-state index in [1.165, 1.54) is 4.31 Å². The smallest absolute Gasteiger partial charge is 0.207 e. The zero-order valence-corrected chi connectivity index (χ0v) is 16.2. The second-order valence-electron chi connectivity index (χ2n) is 7.06. The molecule has 0 aromatic heterocycles. The largest absolute Gasteiger partial charge is 0.243 e. The molecule has 2 aromatic carbocycles. The molecule has 0 unspecified atom stereocenters. The molecule has 0 N–H and O–H groups in total. The van der Waals surface area contributed by atoms with Gasteiger partial charge in [0.1, 0.15) is 5.41 Å². The quantitative estimate of drug-likeness (QED) is 0.712. The minimum Gasteiger partial charge on any atom is -0.207 e. The van der Waals surface area contributed by atoms with E-state index in [2.05, 4.69) is 6.07 Å². The number of nitrogens with zero attached hydrogens (tertiary/aromatic N) is 2. The molecule has 3 atom stereocenters. The Hall–Kier alpha value is -2.13. The van der Waals surface area contributed by atoms with Gasteiger partial charge in [-0.05, 0) is 48.6 Å². The lowest BCUT2D eigenvalue weighted by Crippen LogP contribution is -2.35. The van der Waals surface area contributed by atoms with Gasteiger partial charge < -0.3 is 0 Å². The number of hydrogen-bond acceptors (Lipinski definition) is 3. The number of allylic oxidation sites excluding steroid dienone is 1. The molecule has 6 heteroatoms. The normalized spacial score (nSPS) is 27.9. The van der Waals surface area contributed by atoms with Crippen LogP contribution in [-0.4, -0.2) is 19.3 Å². The van der Waals surface area contributed by atoms with Crippen molar-refractivity contribution >= 4 is 21.6 Å². The predicted octanol–water partition coefficient (Wildman–Crippen LogP) is 4.56. The number of halogens is 1. The van der Waals surface area contributed by atoms with Gasteiger partial charge in [0.05, 0.1) is 17.0 Å². The predicted molar refractivity (Wildman–Crippen MR) is 104 cm³/mol. The van der Waals surface area contributed by atoms with Crippen LogP contribution in [0.4, 0.5) is 0 Å². The Balaban J connectivity index is 1.89. The summed E-state index contributed by atoms with van der Waals surface area (Å²) in [5.74, 6) is -0.0355. The zero-order valence-electron chi connectivity index (χ0n) is 14.6. The van der Waals surface area contributed by atoms with E-state index in [4.69, 9.17) is 11.6 Å². The summed E-state index contributed by atoms with van der Waals surface area (Å²) in [6, 6.07) is 17.5. The minimum atomic E-state index is -3.74. The summed E-state index contributed by atoms with van der Waals surface area (Å²) in [6.45, 7) is 0.336. The number of sulfonamides is 1. The molecule has 2 aliphatic rings. The molecule has 1 fully saturated rings. The number of benzene rings is 2. The maximum absolute atomic E-state index is 13.5. The summed E-state index contributed by atoms with van der Waals surface area (Å²) in [5, 5.41) is 10.7. The average molecular weight is 399 g/mol. The Bertz CT molecular complexity index is 1010. The first-order valence-corrected chi connectivity index (χ1v) is 10.7. The van der Waals surface area contributed by atoms with Crippen molar-refractivity contribution in [2.45, 2.75) is 23.8 Å². The van der Waals surface area contributed by atoms with Crippen LogP contribution in [0.15, 0.2) is 71.6 Å². The van der Waals surface area contributed by atoms with Crippen molar-refractivity contribution in [2.24, 2.45) is 11.3 Å². The highest BCUT2D eigenvalue weighted by Gasteiger charge is 2.57. The van der Waals surface area contributed by atoms with Crippen LogP contribution in [0, 0.1) is 22.7 Å². The van der Waals surface area contributed by atoms with Crippen molar-refractivity contribution in [3.8, 4) is 6.07 Å². The molecule has 0 radical (unpaired) electrons. The van der Waals surface area contributed by atoms with Gasteiger partial charge in [0.2, 0.25) is 10.0 Å². The molecule has 1 aliphatic heterocycles. The fraction of sp³-hybridized carbons (Fsp3) is 0.286. The van der Waals surface area contributed by atoms with Crippen molar-refractivity contribution in [2.75, 3.05) is 6.54 Å². The summed E-state index contributed by atoms with van der Waals surface area (Å²) >= 11 is 6.04. The zero-order chi connectivity index (χ0) is 19.1. The van der Waals surface area contributed by atoms with E-state index in [9.17, 15) is 13.7 Å².